The van der Waals surface area contributed by atoms with Crippen molar-refractivity contribution < 1.29 is 0 Å². The first kappa shape index (κ1) is 12.4. The maximum atomic E-state index is 5.25. The first-order chi connectivity index (χ1) is 8.26. The number of aromatic amines is 1. The van der Waals surface area contributed by atoms with Crippen molar-refractivity contribution in [2.75, 3.05) is 0 Å². The summed E-state index contributed by atoms with van der Waals surface area (Å²) in [6, 6.07) is 0. The van der Waals surface area contributed by atoms with Gasteiger partial charge in [0, 0.05) is 12.7 Å². The third-order valence-corrected chi connectivity index (χ3v) is 4.02. The molecule has 0 aliphatic rings. The van der Waals surface area contributed by atoms with E-state index in [9.17, 15) is 0 Å². The van der Waals surface area contributed by atoms with Crippen LogP contribution in [-0.2, 0) is 13.0 Å². The van der Waals surface area contributed by atoms with E-state index in [1.807, 2.05) is 6.20 Å². The van der Waals surface area contributed by atoms with Crippen LogP contribution in [-0.4, -0.2) is 19.7 Å². The monoisotopic (exact) mass is 268 g/mol. The standard InChI is InChI=1S/C11H16N4S2/c1-3-5-6-15-10(13-14-11(15)16)8-7-12-9(4-2)17-8/h7H,3-6H2,1-2H3,(H,14,16). The number of aromatic nitrogens is 4. The molecule has 1 N–H and O–H groups in total. The maximum Gasteiger partial charge on any atom is 0.195 e. The zero-order valence-corrected chi connectivity index (χ0v) is 11.7. The first-order valence-electron chi connectivity index (χ1n) is 5.86. The molecule has 2 aromatic heterocycles. The van der Waals surface area contributed by atoms with Crippen LogP contribution < -0.4 is 0 Å². The Morgan fingerprint density at radius 1 is 1.47 bits per heavy atom. The van der Waals surface area contributed by atoms with E-state index in [1.165, 1.54) is 0 Å². The summed E-state index contributed by atoms with van der Waals surface area (Å²) in [6.07, 6.45) is 5.11. The Labute approximate surface area is 110 Å². The number of aryl methyl sites for hydroxylation is 1. The third kappa shape index (κ3) is 2.63. The molecule has 2 aromatic rings. The Kier molecular flexibility index (Phi) is 4.06. The number of nitrogens with one attached hydrogen (secondary N) is 1. The average Bonchev–Trinajstić information content (AvgIpc) is 2.93. The summed E-state index contributed by atoms with van der Waals surface area (Å²) in [7, 11) is 0. The highest BCUT2D eigenvalue weighted by atomic mass is 32.1. The van der Waals surface area contributed by atoms with Gasteiger partial charge in [-0.25, -0.2) is 4.98 Å². The highest BCUT2D eigenvalue weighted by Crippen LogP contribution is 2.25. The minimum Gasteiger partial charge on any atom is -0.299 e. The molecule has 92 valence electrons. The number of unbranched alkanes of at least 4 members (excludes halogenated alkanes) is 1. The van der Waals surface area contributed by atoms with Gasteiger partial charge in [0.05, 0.1) is 9.88 Å². The van der Waals surface area contributed by atoms with Gasteiger partial charge in [0.2, 0.25) is 0 Å². The van der Waals surface area contributed by atoms with Gasteiger partial charge < -0.3 is 0 Å². The van der Waals surface area contributed by atoms with Crippen LogP contribution in [0.15, 0.2) is 6.20 Å². The Morgan fingerprint density at radius 2 is 2.29 bits per heavy atom. The van der Waals surface area contributed by atoms with E-state index in [0.717, 1.165) is 41.5 Å². The molecule has 0 aliphatic heterocycles. The zero-order chi connectivity index (χ0) is 12.3. The Bertz CT molecular complexity index is 538. The van der Waals surface area contributed by atoms with Gasteiger partial charge >= 0.3 is 0 Å². The molecule has 0 spiro atoms. The summed E-state index contributed by atoms with van der Waals surface area (Å²) >= 11 is 6.94. The minimum absolute atomic E-state index is 0.694. The van der Waals surface area contributed by atoms with Crippen LogP contribution in [0.5, 0.6) is 0 Å². The summed E-state index contributed by atoms with van der Waals surface area (Å²) in [5, 5.41) is 8.30. The molecule has 0 bridgehead atoms. The fraction of sp³-hybridized carbons (Fsp3) is 0.545. The number of thiazole rings is 1. The Morgan fingerprint density at radius 3 is 2.94 bits per heavy atom. The molecule has 0 unspecified atom stereocenters. The number of rotatable bonds is 5. The highest BCUT2D eigenvalue weighted by Gasteiger charge is 2.11. The first-order valence-corrected chi connectivity index (χ1v) is 7.09. The van der Waals surface area contributed by atoms with Crippen LogP contribution in [0.4, 0.5) is 0 Å². The van der Waals surface area contributed by atoms with E-state index in [4.69, 9.17) is 12.2 Å². The molecule has 0 saturated carbocycles. The molecule has 2 heterocycles. The van der Waals surface area contributed by atoms with E-state index in [1.54, 1.807) is 11.3 Å². The zero-order valence-electron chi connectivity index (χ0n) is 10.1. The van der Waals surface area contributed by atoms with Crippen molar-refractivity contribution in [1.82, 2.24) is 19.7 Å². The van der Waals surface area contributed by atoms with Gasteiger partial charge in [-0.05, 0) is 25.1 Å². The number of hydrogen-bond acceptors (Lipinski definition) is 4. The molecule has 0 radical (unpaired) electrons. The summed E-state index contributed by atoms with van der Waals surface area (Å²) in [5.74, 6) is 0.917. The van der Waals surface area contributed by atoms with Crippen molar-refractivity contribution in [1.29, 1.82) is 0 Å². The van der Waals surface area contributed by atoms with Gasteiger partial charge in [-0.2, -0.15) is 5.10 Å². The molecule has 0 saturated heterocycles. The molecule has 6 heteroatoms. The predicted molar refractivity (Wildman–Crippen MR) is 72.8 cm³/mol. The molecule has 0 amide bonds. The Balaban J connectivity index is 2.34. The Hall–Kier alpha value is -1.01. The summed E-state index contributed by atoms with van der Waals surface area (Å²) in [6.45, 7) is 5.20. The van der Waals surface area contributed by atoms with E-state index < -0.39 is 0 Å². The fourth-order valence-electron chi connectivity index (χ4n) is 1.61. The van der Waals surface area contributed by atoms with Crippen LogP contribution in [0.25, 0.3) is 10.7 Å². The van der Waals surface area contributed by atoms with E-state index >= 15 is 0 Å². The van der Waals surface area contributed by atoms with Crippen molar-refractivity contribution in [3.05, 3.63) is 16.0 Å². The van der Waals surface area contributed by atoms with Gasteiger partial charge in [0.25, 0.3) is 0 Å². The van der Waals surface area contributed by atoms with Crippen LogP contribution in [0, 0.1) is 4.77 Å². The van der Waals surface area contributed by atoms with Crippen molar-refractivity contribution in [3.63, 3.8) is 0 Å². The highest BCUT2D eigenvalue weighted by molar-refractivity contribution is 7.71. The van der Waals surface area contributed by atoms with Crippen molar-refractivity contribution in [2.24, 2.45) is 0 Å². The predicted octanol–water partition coefficient (Wildman–Crippen LogP) is 3.43. The molecule has 0 aliphatic carbocycles. The lowest BCUT2D eigenvalue weighted by Gasteiger charge is -2.03. The average molecular weight is 268 g/mol. The van der Waals surface area contributed by atoms with Gasteiger partial charge in [-0.15, -0.1) is 11.3 Å². The smallest absolute Gasteiger partial charge is 0.195 e. The lowest BCUT2D eigenvalue weighted by atomic mass is 10.3. The normalized spacial score (nSPS) is 10.9. The quantitative estimate of drug-likeness (QED) is 0.845. The second-order valence-electron chi connectivity index (χ2n) is 3.83. The van der Waals surface area contributed by atoms with Crippen LogP contribution in [0.2, 0.25) is 0 Å². The van der Waals surface area contributed by atoms with E-state index in [0.29, 0.717) is 4.77 Å². The third-order valence-electron chi connectivity index (χ3n) is 2.57. The van der Waals surface area contributed by atoms with Gasteiger partial charge in [-0.3, -0.25) is 9.67 Å². The van der Waals surface area contributed by atoms with Crippen molar-refractivity contribution >= 4 is 23.6 Å². The van der Waals surface area contributed by atoms with Gasteiger partial charge in [-0.1, -0.05) is 20.3 Å². The maximum absolute atomic E-state index is 5.25. The molecule has 4 nitrogen and oxygen atoms in total. The van der Waals surface area contributed by atoms with Crippen molar-refractivity contribution in [2.45, 2.75) is 39.7 Å². The molecule has 0 fully saturated rings. The molecule has 0 aromatic carbocycles. The molecular formula is C11H16N4S2. The number of H-pyrrole nitrogens is 1. The minimum atomic E-state index is 0.694. The SMILES string of the molecule is CCCCn1c(-c2cnc(CC)s2)n[nH]c1=S. The molecular weight excluding hydrogens is 252 g/mol. The topological polar surface area (TPSA) is 46.5 Å². The van der Waals surface area contributed by atoms with Gasteiger partial charge in [0.15, 0.2) is 10.6 Å². The lowest BCUT2D eigenvalue weighted by Crippen LogP contribution is -1.99. The second-order valence-corrected chi connectivity index (χ2v) is 5.33. The molecule has 17 heavy (non-hydrogen) atoms. The number of hydrogen-bond donors (Lipinski definition) is 1. The van der Waals surface area contributed by atoms with Crippen LogP contribution in [0.3, 0.4) is 0 Å². The van der Waals surface area contributed by atoms with E-state index in [2.05, 4.69) is 33.6 Å². The summed E-state index contributed by atoms with van der Waals surface area (Å²) in [5.41, 5.74) is 0. The molecule has 2 rings (SSSR count). The lowest BCUT2D eigenvalue weighted by molar-refractivity contribution is 0.629. The summed E-state index contributed by atoms with van der Waals surface area (Å²) < 4.78 is 2.76. The molecule has 0 atom stereocenters. The van der Waals surface area contributed by atoms with Gasteiger partial charge in [0.1, 0.15) is 0 Å². The second kappa shape index (κ2) is 5.55. The largest absolute Gasteiger partial charge is 0.299 e. The van der Waals surface area contributed by atoms with Crippen LogP contribution in [0.1, 0.15) is 31.7 Å². The summed E-state index contributed by atoms with van der Waals surface area (Å²) in [4.78, 5) is 5.45. The fourth-order valence-corrected chi connectivity index (χ4v) is 2.69. The van der Waals surface area contributed by atoms with Crippen molar-refractivity contribution in [3.8, 4) is 10.7 Å². The number of nitrogens with zero attached hydrogens (tertiary/aromatic N) is 3. The van der Waals surface area contributed by atoms with E-state index in [-0.39, 0.29) is 0 Å². The van der Waals surface area contributed by atoms with Crippen LogP contribution >= 0.6 is 23.6 Å².